The van der Waals surface area contributed by atoms with E-state index in [4.69, 9.17) is 5.11 Å². The molecule has 0 atom stereocenters. The summed E-state index contributed by atoms with van der Waals surface area (Å²) in [5.74, 6) is -1.44. The molecule has 0 unspecified atom stereocenters. The molecule has 1 amide bonds. The van der Waals surface area contributed by atoms with Crippen molar-refractivity contribution in [2.24, 2.45) is 0 Å². The van der Waals surface area contributed by atoms with Gasteiger partial charge in [-0.05, 0) is 12.1 Å². The molecule has 1 heterocycles. The SMILES string of the molecule is O=C(O)/C=C/C(=O)Nc1nc2ccccc2[nH]1. The quantitative estimate of drug-likeness (QED) is 0.690. The van der Waals surface area contributed by atoms with Gasteiger partial charge in [0, 0.05) is 12.2 Å². The molecule has 0 aliphatic heterocycles. The minimum Gasteiger partial charge on any atom is -0.478 e. The number of aliphatic carboxylic acids is 1. The highest BCUT2D eigenvalue weighted by Crippen LogP contribution is 2.12. The number of carbonyl (C=O) groups excluding carboxylic acids is 1. The summed E-state index contributed by atoms with van der Waals surface area (Å²) in [4.78, 5) is 28.5. The van der Waals surface area contributed by atoms with Crippen LogP contribution in [-0.4, -0.2) is 27.0 Å². The van der Waals surface area contributed by atoms with Crippen LogP contribution >= 0.6 is 0 Å². The van der Waals surface area contributed by atoms with Crippen molar-refractivity contribution in [2.45, 2.75) is 0 Å². The third kappa shape index (κ3) is 2.69. The van der Waals surface area contributed by atoms with Crippen LogP contribution in [0.2, 0.25) is 0 Å². The summed E-state index contributed by atoms with van der Waals surface area (Å²) in [5.41, 5.74) is 1.52. The van der Waals surface area contributed by atoms with E-state index in [-0.39, 0.29) is 5.95 Å². The van der Waals surface area contributed by atoms with Crippen LogP contribution in [-0.2, 0) is 9.59 Å². The third-order valence-corrected chi connectivity index (χ3v) is 2.01. The lowest BCUT2D eigenvalue weighted by atomic mass is 10.3. The van der Waals surface area contributed by atoms with Crippen LogP contribution in [0.4, 0.5) is 5.95 Å². The molecule has 0 aliphatic carbocycles. The maximum absolute atomic E-state index is 11.3. The fraction of sp³-hybridized carbons (Fsp3) is 0. The van der Waals surface area contributed by atoms with Crippen molar-refractivity contribution in [3.8, 4) is 0 Å². The number of aromatic amines is 1. The average molecular weight is 231 g/mol. The number of H-pyrrole nitrogens is 1. The Labute approximate surface area is 96.0 Å². The molecule has 1 aromatic carbocycles. The number of nitrogens with one attached hydrogen (secondary N) is 2. The number of benzene rings is 1. The van der Waals surface area contributed by atoms with Crippen LogP contribution in [0.15, 0.2) is 36.4 Å². The Balaban J connectivity index is 2.13. The van der Waals surface area contributed by atoms with E-state index in [0.717, 1.165) is 23.2 Å². The molecule has 2 rings (SSSR count). The summed E-state index contributed by atoms with van der Waals surface area (Å²) in [6, 6.07) is 7.30. The van der Waals surface area contributed by atoms with Gasteiger partial charge in [0.25, 0.3) is 5.91 Å². The maximum Gasteiger partial charge on any atom is 0.328 e. The van der Waals surface area contributed by atoms with Crippen LogP contribution in [0.3, 0.4) is 0 Å². The topological polar surface area (TPSA) is 95.1 Å². The van der Waals surface area contributed by atoms with Crippen LogP contribution in [0.1, 0.15) is 0 Å². The lowest BCUT2D eigenvalue weighted by Crippen LogP contribution is -2.09. The number of nitrogens with zero attached hydrogens (tertiary/aromatic N) is 1. The average Bonchev–Trinajstić information content (AvgIpc) is 2.68. The highest BCUT2D eigenvalue weighted by molar-refractivity contribution is 6.02. The second-order valence-electron chi connectivity index (χ2n) is 3.26. The standard InChI is InChI=1S/C11H9N3O3/c15-9(5-6-10(16)17)14-11-12-7-3-1-2-4-8(7)13-11/h1-6H,(H,16,17)(H2,12,13,14,15)/b6-5+. The Morgan fingerprint density at radius 2 is 2.06 bits per heavy atom. The van der Waals surface area contributed by atoms with E-state index in [0.29, 0.717) is 0 Å². The predicted octanol–water partition coefficient (Wildman–Crippen LogP) is 1.14. The van der Waals surface area contributed by atoms with Gasteiger partial charge in [-0.15, -0.1) is 0 Å². The summed E-state index contributed by atoms with van der Waals surface area (Å²) < 4.78 is 0. The van der Waals surface area contributed by atoms with Crippen molar-refractivity contribution in [1.82, 2.24) is 9.97 Å². The van der Waals surface area contributed by atoms with Gasteiger partial charge in [-0.2, -0.15) is 0 Å². The Kier molecular flexibility index (Phi) is 2.87. The van der Waals surface area contributed by atoms with E-state index >= 15 is 0 Å². The number of hydrogen-bond acceptors (Lipinski definition) is 3. The first-order valence-corrected chi connectivity index (χ1v) is 4.82. The molecule has 6 nitrogen and oxygen atoms in total. The number of rotatable bonds is 3. The van der Waals surface area contributed by atoms with E-state index in [2.05, 4.69) is 15.3 Å². The normalized spacial score (nSPS) is 10.8. The van der Waals surface area contributed by atoms with Gasteiger partial charge in [0.2, 0.25) is 5.95 Å². The molecule has 3 N–H and O–H groups in total. The number of carboxylic acid groups (broad SMARTS) is 1. The van der Waals surface area contributed by atoms with Gasteiger partial charge in [0.15, 0.2) is 0 Å². The number of carboxylic acids is 1. The van der Waals surface area contributed by atoms with Crippen molar-refractivity contribution < 1.29 is 14.7 Å². The molecule has 0 aliphatic rings. The van der Waals surface area contributed by atoms with Crippen LogP contribution < -0.4 is 5.32 Å². The van der Waals surface area contributed by atoms with E-state index in [1.54, 1.807) is 6.07 Å². The van der Waals surface area contributed by atoms with Crippen LogP contribution in [0, 0.1) is 0 Å². The summed E-state index contributed by atoms with van der Waals surface area (Å²) >= 11 is 0. The summed E-state index contributed by atoms with van der Waals surface area (Å²) in [6.07, 6.45) is 1.69. The molecular formula is C11H9N3O3. The molecule has 0 radical (unpaired) electrons. The van der Waals surface area contributed by atoms with Crippen molar-refractivity contribution in [3.05, 3.63) is 36.4 Å². The zero-order chi connectivity index (χ0) is 12.3. The molecule has 2 aromatic rings. The lowest BCUT2D eigenvalue weighted by molar-refractivity contribution is -0.131. The second kappa shape index (κ2) is 4.48. The van der Waals surface area contributed by atoms with Gasteiger partial charge in [-0.25, -0.2) is 9.78 Å². The number of amides is 1. The van der Waals surface area contributed by atoms with Gasteiger partial charge in [-0.3, -0.25) is 10.1 Å². The fourth-order valence-corrected chi connectivity index (χ4v) is 1.32. The molecular weight excluding hydrogens is 222 g/mol. The number of anilines is 1. The van der Waals surface area contributed by atoms with Crippen molar-refractivity contribution >= 4 is 28.9 Å². The van der Waals surface area contributed by atoms with Crippen LogP contribution in [0.5, 0.6) is 0 Å². The number of aromatic nitrogens is 2. The first-order chi connectivity index (χ1) is 8.15. The third-order valence-electron chi connectivity index (χ3n) is 2.01. The number of para-hydroxylation sites is 2. The van der Waals surface area contributed by atoms with E-state index in [9.17, 15) is 9.59 Å². The van der Waals surface area contributed by atoms with Gasteiger partial charge in [-0.1, -0.05) is 12.1 Å². The first-order valence-electron chi connectivity index (χ1n) is 4.82. The second-order valence-corrected chi connectivity index (χ2v) is 3.26. The molecule has 17 heavy (non-hydrogen) atoms. The Morgan fingerprint density at radius 3 is 2.76 bits per heavy atom. The first kappa shape index (κ1) is 10.9. The molecule has 0 bridgehead atoms. The highest BCUT2D eigenvalue weighted by Gasteiger charge is 2.04. The van der Waals surface area contributed by atoms with E-state index in [1.165, 1.54) is 0 Å². The zero-order valence-corrected chi connectivity index (χ0v) is 8.68. The summed E-state index contributed by atoms with van der Waals surface area (Å²) in [6.45, 7) is 0. The van der Waals surface area contributed by atoms with Crippen LogP contribution in [0.25, 0.3) is 11.0 Å². The number of fused-ring (bicyclic) bond motifs is 1. The van der Waals surface area contributed by atoms with Gasteiger partial charge >= 0.3 is 5.97 Å². The molecule has 0 saturated carbocycles. The Morgan fingerprint density at radius 1 is 1.29 bits per heavy atom. The van der Waals surface area contributed by atoms with Gasteiger partial charge in [0.05, 0.1) is 11.0 Å². The number of hydrogen-bond donors (Lipinski definition) is 3. The van der Waals surface area contributed by atoms with Crippen molar-refractivity contribution in [1.29, 1.82) is 0 Å². The lowest BCUT2D eigenvalue weighted by Gasteiger charge is -1.94. The monoisotopic (exact) mass is 231 g/mol. The molecule has 0 saturated heterocycles. The van der Waals surface area contributed by atoms with E-state index < -0.39 is 11.9 Å². The number of carbonyl (C=O) groups is 2. The Hall–Kier alpha value is -2.63. The summed E-state index contributed by atoms with van der Waals surface area (Å²) in [5, 5.41) is 10.8. The van der Waals surface area contributed by atoms with Gasteiger partial charge in [0.1, 0.15) is 0 Å². The minimum atomic E-state index is -1.18. The molecule has 1 aromatic heterocycles. The molecule has 86 valence electrons. The fourth-order valence-electron chi connectivity index (χ4n) is 1.32. The largest absolute Gasteiger partial charge is 0.478 e. The summed E-state index contributed by atoms with van der Waals surface area (Å²) in [7, 11) is 0. The minimum absolute atomic E-state index is 0.284. The molecule has 0 fully saturated rings. The van der Waals surface area contributed by atoms with Crippen molar-refractivity contribution in [2.75, 3.05) is 5.32 Å². The molecule has 6 heteroatoms. The maximum atomic E-state index is 11.3. The highest BCUT2D eigenvalue weighted by atomic mass is 16.4. The Bertz CT molecular complexity index is 568. The smallest absolute Gasteiger partial charge is 0.328 e. The molecule has 0 spiro atoms. The van der Waals surface area contributed by atoms with E-state index in [1.807, 2.05) is 18.2 Å². The zero-order valence-electron chi connectivity index (χ0n) is 8.68. The number of imidazole rings is 1. The van der Waals surface area contributed by atoms with Crippen molar-refractivity contribution in [3.63, 3.8) is 0 Å². The van der Waals surface area contributed by atoms with Gasteiger partial charge < -0.3 is 10.1 Å². The predicted molar refractivity (Wildman–Crippen MR) is 61.5 cm³/mol.